The topological polar surface area (TPSA) is 114 Å². The average molecular weight is 332 g/mol. The van der Waals surface area contributed by atoms with Crippen LogP contribution in [0.5, 0.6) is 0 Å². The minimum atomic E-state index is -0.508. The van der Waals surface area contributed by atoms with Gasteiger partial charge in [-0.15, -0.1) is 0 Å². The van der Waals surface area contributed by atoms with Crippen molar-refractivity contribution in [2.75, 3.05) is 44.7 Å². The summed E-state index contributed by atoms with van der Waals surface area (Å²) in [5.74, 6) is 1.22. The number of aromatic nitrogens is 1. The molecular weight excluding hydrogens is 312 g/mol. The zero-order chi connectivity index (χ0) is 17.1. The van der Waals surface area contributed by atoms with Crippen molar-refractivity contribution in [1.82, 2.24) is 20.5 Å². The summed E-state index contributed by atoms with van der Waals surface area (Å²) >= 11 is 0. The molecule has 1 saturated heterocycles. The summed E-state index contributed by atoms with van der Waals surface area (Å²) in [6.45, 7) is 2.73. The first-order valence-corrected chi connectivity index (χ1v) is 8.00. The molecule has 0 unspecified atom stereocenters. The molecule has 2 fully saturated rings. The van der Waals surface area contributed by atoms with Crippen molar-refractivity contribution in [3.05, 3.63) is 11.6 Å². The quantitative estimate of drug-likeness (QED) is 0.797. The molecule has 1 aromatic rings. The van der Waals surface area contributed by atoms with Gasteiger partial charge in [0, 0.05) is 39.1 Å². The highest BCUT2D eigenvalue weighted by Crippen LogP contribution is 2.41. The molecule has 0 spiro atoms. The number of anilines is 1. The second kappa shape index (κ2) is 6.88. The van der Waals surface area contributed by atoms with Crippen molar-refractivity contribution >= 4 is 17.8 Å². The fourth-order valence-electron chi connectivity index (χ4n) is 2.66. The minimum Gasteiger partial charge on any atom is -0.423 e. The van der Waals surface area contributed by atoms with Crippen LogP contribution in [0.1, 0.15) is 30.3 Å². The Balaban J connectivity index is 1.54. The van der Waals surface area contributed by atoms with E-state index in [2.05, 4.69) is 21.7 Å². The van der Waals surface area contributed by atoms with Crippen molar-refractivity contribution in [3.63, 3.8) is 0 Å². The number of carbonyl (C=O) groups is 2. The van der Waals surface area contributed by atoms with E-state index in [0.717, 1.165) is 12.8 Å². The number of hydrogen-bond donors (Lipinski definition) is 2. The maximum atomic E-state index is 11.7. The van der Waals surface area contributed by atoms with Crippen LogP contribution in [0.2, 0.25) is 0 Å². The summed E-state index contributed by atoms with van der Waals surface area (Å²) in [5.41, 5.74) is 0.336. The monoisotopic (exact) mass is 332 g/mol. The number of amides is 3. The summed E-state index contributed by atoms with van der Waals surface area (Å²) < 4.78 is 5.79. The van der Waals surface area contributed by atoms with Crippen molar-refractivity contribution in [1.29, 1.82) is 5.26 Å². The van der Waals surface area contributed by atoms with Crippen LogP contribution in [0, 0.1) is 11.3 Å². The third-order valence-corrected chi connectivity index (χ3v) is 4.17. The number of carbonyl (C=O) groups excluding carboxylic acids is 2. The first-order valence-electron chi connectivity index (χ1n) is 8.00. The molecule has 9 nitrogen and oxygen atoms in total. The fraction of sp³-hybridized carbons (Fsp3) is 0.600. The molecule has 0 aromatic carbocycles. The van der Waals surface area contributed by atoms with Gasteiger partial charge in [0.1, 0.15) is 6.07 Å². The number of oxazole rings is 1. The number of urea groups is 1. The third-order valence-electron chi connectivity index (χ3n) is 4.17. The van der Waals surface area contributed by atoms with Crippen LogP contribution >= 0.6 is 0 Å². The number of nitrogens with one attached hydrogen (secondary N) is 2. The molecule has 1 aromatic heterocycles. The van der Waals surface area contributed by atoms with Gasteiger partial charge in [-0.05, 0) is 12.8 Å². The van der Waals surface area contributed by atoms with Crippen molar-refractivity contribution in [2.45, 2.75) is 18.8 Å². The SMILES string of the molecule is CNC(=O)NC(=O)CN1CCN(c2oc(C3CC3)nc2C#N)CC1. The summed E-state index contributed by atoms with van der Waals surface area (Å²) in [6, 6.07) is 1.59. The lowest BCUT2D eigenvalue weighted by Gasteiger charge is -2.33. The predicted molar refractivity (Wildman–Crippen MR) is 84.4 cm³/mol. The lowest BCUT2D eigenvalue weighted by Crippen LogP contribution is -2.51. The Labute approximate surface area is 139 Å². The summed E-state index contributed by atoms with van der Waals surface area (Å²) in [6.07, 6.45) is 2.14. The molecule has 3 amide bonds. The van der Waals surface area contributed by atoms with Crippen LogP contribution in [0.4, 0.5) is 10.7 Å². The van der Waals surface area contributed by atoms with E-state index in [1.165, 1.54) is 7.05 Å². The van der Waals surface area contributed by atoms with Gasteiger partial charge < -0.3 is 14.6 Å². The lowest BCUT2D eigenvalue weighted by molar-refractivity contribution is -0.121. The summed E-state index contributed by atoms with van der Waals surface area (Å²) in [7, 11) is 1.46. The van der Waals surface area contributed by atoms with E-state index in [9.17, 15) is 14.9 Å². The molecule has 2 N–H and O–H groups in total. The standard InChI is InChI=1S/C15H20N6O3/c1-17-15(23)19-12(22)9-20-4-6-21(7-5-20)14-11(8-16)18-13(24-14)10-2-3-10/h10H,2-7,9H2,1H3,(H2,17,19,22,23). The number of piperazine rings is 1. The van der Waals surface area contributed by atoms with Gasteiger partial charge in [0.05, 0.1) is 6.54 Å². The van der Waals surface area contributed by atoms with E-state index in [1.54, 1.807) is 0 Å². The maximum absolute atomic E-state index is 11.7. The van der Waals surface area contributed by atoms with E-state index in [4.69, 9.17) is 4.42 Å². The summed E-state index contributed by atoms with van der Waals surface area (Å²) in [5, 5.41) is 13.8. The van der Waals surface area contributed by atoms with E-state index >= 15 is 0 Å². The Morgan fingerprint density at radius 3 is 2.62 bits per heavy atom. The van der Waals surface area contributed by atoms with Gasteiger partial charge in [-0.1, -0.05) is 0 Å². The molecule has 1 aliphatic carbocycles. The molecular formula is C15H20N6O3. The van der Waals surface area contributed by atoms with Gasteiger partial charge in [0.15, 0.2) is 0 Å². The van der Waals surface area contributed by atoms with Crippen LogP contribution in [0.3, 0.4) is 0 Å². The second-order valence-electron chi connectivity index (χ2n) is 5.98. The first-order chi connectivity index (χ1) is 11.6. The first kappa shape index (κ1) is 16.3. The highest BCUT2D eigenvalue weighted by molar-refractivity contribution is 5.95. The zero-order valence-corrected chi connectivity index (χ0v) is 13.5. The Morgan fingerprint density at radius 1 is 1.33 bits per heavy atom. The van der Waals surface area contributed by atoms with Crippen molar-refractivity contribution in [3.8, 4) is 6.07 Å². The number of imide groups is 1. The van der Waals surface area contributed by atoms with Gasteiger partial charge >= 0.3 is 6.03 Å². The third kappa shape index (κ3) is 3.65. The molecule has 1 saturated carbocycles. The number of nitrogens with zero attached hydrogens (tertiary/aromatic N) is 4. The molecule has 128 valence electrons. The van der Waals surface area contributed by atoms with Crippen molar-refractivity contribution in [2.24, 2.45) is 0 Å². The molecule has 9 heteroatoms. The molecule has 1 aliphatic heterocycles. The van der Waals surface area contributed by atoms with Gasteiger partial charge in [-0.25, -0.2) is 9.78 Å². The van der Waals surface area contributed by atoms with Gasteiger partial charge in [-0.2, -0.15) is 5.26 Å². The number of rotatable bonds is 4. The summed E-state index contributed by atoms with van der Waals surface area (Å²) in [4.78, 5) is 31.1. The molecule has 2 aliphatic rings. The van der Waals surface area contributed by atoms with Gasteiger partial charge in [0.25, 0.3) is 0 Å². The van der Waals surface area contributed by atoms with Crippen LogP contribution in [-0.2, 0) is 4.79 Å². The lowest BCUT2D eigenvalue weighted by atomic mass is 10.3. The minimum absolute atomic E-state index is 0.163. The Bertz CT molecular complexity index is 667. The maximum Gasteiger partial charge on any atom is 0.321 e. The second-order valence-corrected chi connectivity index (χ2v) is 5.98. The average Bonchev–Trinajstić information content (AvgIpc) is 3.34. The van der Waals surface area contributed by atoms with E-state index < -0.39 is 6.03 Å². The zero-order valence-electron chi connectivity index (χ0n) is 13.5. The number of nitriles is 1. The highest BCUT2D eigenvalue weighted by atomic mass is 16.4. The Hall–Kier alpha value is -2.60. The van der Waals surface area contributed by atoms with E-state index in [0.29, 0.717) is 49.6 Å². The molecule has 0 bridgehead atoms. The molecule has 0 radical (unpaired) electrons. The Morgan fingerprint density at radius 2 is 2.04 bits per heavy atom. The molecule has 0 atom stereocenters. The molecule has 2 heterocycles. The fourth-order valence-corrected chi connectivity index (χ4v) is 2.66. The van der Waals surface area contributed by atoms with Crippen LogP contribution < -0.4 is 15.5 Å². The largest absolute Gasteiger partial charge is 0.423 e. The smallest absolute Gasteiger partial charge is 0.321 e. The molecule has 24 heavy (non-hydrogen) atoms. The normalized spacial score (nSPS) is 18.1. The van der Waals surface area contributed by atoms with Gasteiger partial charge in [-0.3, -0.25) is 15.0 Å². The van der Waals surface area contributed by atoms with Crippen LogP contribution in [-0.4, -0.2) is 61.6 Å². The van der Waals surface area contributed by atoms with E-state index in [1.807, 2.05) is 9.80 Å². The molecule has 3 rings (SSSR count). The van der Waals surface area contributed by atoms with Crippen molar-refractivity contribution < 1.29 is 14.0 Å². The number of hydrogen-bond acceptors (Lipinski definition) is 7. The van der Waals surface area contributed by atoms with Crippen LogP contribution in [0.15, 0.2) is 4.42 Å². The van der Waals surface area contributed by atoms with E-state index in [-0.39, 0.29) is 12.5 Å². The van der Waals surface area contributed by atoms with Crippen LogP contribution in [0.25, 0.3) is 0 Å². The predicted octanol–water partition coefficient (Wildman–Crippen LogP) is 0.00128. The Kier molecular flexibility index (Phi) is 4.66. The highest BCUT2D eigenvalue weighted by Gasteiger charge is 2.32. The van der Waals surface area contributed by atoms with Gasteiger partial charge in [0.2, 0.25) is 23.4 Å².